The van der Waals surface area contributed by atoms with Crippen molar-refractivity contribution in [2.45, 2.75) is 24.8 Å². The Hall–Kier alpha value is -0.480. The second kappa shape index (κ2) is 5.44. The zero-order valence-electron chi connectivity index (χ0n) is 9.42. The number of phenolic OH excluding ortho intramolecular Hbond substituents is 1. The first-order valence-electron chi connectivity index (χ1n) is 5.73. The molecule has 1 heterocycles. The van der Waals surface area contributed by atoms with Crippen molar-refractivity contribution < 1.29 is 5.11 Å². The number of hydrogen-bond acceptors (Lipinski definition) is 3. The van der Waals surface area contributed by atoms with Crippen LogP contribution >= 0.6 is 23.2 Å². The molecule has 0 spiro atoms. The molecule has 2 rings (SSSR count). The first kappa shape index (κ1) is 13.0. The molecule has 2 atom stereocenters. The van der Waals surface area contributed by atoms with Gasteiger partial charge in [0.25, 0.3) is 0 Å². The van der Waals surface area contributed by atoms with E-state index >= 15 is 0 Å². The standard InChI is InChI=1S/C12H16Cl2N2O/c13-9-1-2-10(17)11(12(9)14)7-3-4-16-8(5-7)6-15/h1-2,7-8,16-17H,3-6,15H2/t7?,8-/m1/s1. The van der Waals surface area contributed by atoms with E-state index in [-0.39, 0.29) is 17.7 Å². The van der Waals surface area contributed by atoms with Crippen LogP contribution in [0.1, 0.15) is 24.3 Å². The number of hydrogen-bond donors (Lipinski definition) is 3. The van der Waals surface area contributed by atoms with E-state index in [1.54, 1.807) is 12.1 Å². The van der Waals surface area contributed by atoms with Crippen LogP contribution in [0, 0.1) is 0 Å². The van der Waals surface area contributed by atoms with E-state index in [4.69, 9.17) is 28.9 Å². The summed E-state index contributed by atoms with van der Waals surface area (Å²) in [6.07, 6.45) is 1.81. The van der Waals surface area contributed by atoms with Gasteiger partial charge in [0.05, 0.1) is 10.0 Å². The second-order valence-electron chi connectivity index (χ2n) is 4.40. The van der Waals surface area contributed by atoms with Crippen LogP contribution < -0.4 is 11.1 Å². The number of aromatic hydroxyl groups is 1. The third kappa shape index (κ3) is 2.68. The first-order valence-corrected chi connectivity index (χ1v) is 6.49. The highest BCUT2D eigenvalue weighted by Gasteiger charge is 2.26. The minimum absolute atomic E-state index is 0.219. The van der Waals surface area contributed by atoms with Gasteiger partial charge in [0.15, 0.2) is 0 Å². The van der Waals surface area contributed by atoms with Gasteiger partial charge in [-0.3, -0.25) is 0 Å². The number of phenols is 1. The molecule has 0 amide bonds. The Morgan fingerprint density at radius 3 is 2.88 bits per heavy atom. The maximum atomic E-state index is 9.93. The van der Waals surface area contributed by atoms with Crippen LogP contribution in [0.4, 0.5) is 0 Å². The Bertz CT molecular complexity index is 412. The molecule has 17 heavy (non-hydrogen) atoms. The fourth-order valence-corrected chi connectivity index (χ4v) is 2.87. The highest BCUT2D eigenvalue weighted by atomic mass is 35.5. The summed E-state index contributed by atoms with van der Waals surface area (Å²) in [7, 11) is 0. The molecular weight excluding hydrogens is 259 g/mol. The topological polar surface area (TPSA) is 58.3 Å². The molecule has 1 aliphatic heterocycles. The van der Waals surface area contributed by atoms with Crippen molar-refractivity contribution in [1.29, 1.82) is 0 Å². The summed E-state index contributed by atoms with van der Waals surface area (Å²) in [5.41, 5.74) is 6.43. The molecule has 1 aliphatic rings. The van der Waals surface area contributed by atoms with Gasteiger partial charge in [0.2, 0.25) is 0 Å². The lowest BCUT2D eigenvalue weighted by Crippen LogP contribution is -2.42. The van der Waals surface area contributed by atoms with Gasteiger partial charge in [-0.25, -0.2) is 0 Å². The lowest BCUT2D eigenvalue weighted by Gasteiger charge is -2.30. The maximum absolute atomic E-state index is 9.93. The first-order chi connectivity index (χ1) is 8.13. The third-order valence-electron chi connectivity index (χ3n) is 3.30. The maximum Gasteiger partial charge on any atom is 0.120 e. The summed E-state index contributed by atoms with van der Waals surface area (Å²) >= 11 is 12.2. The monoisotopic (exact) mass is 274 g/mol. The SMILES string of the molecule is NC[C@H]1CC(c2c(O)ccc(Cl)c2Cl)CCN1. The zero-order valence-corrected chi connectivity index (χ0v) is 10.9. The molecule has 1 aromatic rings. The molecule has 0 bridgehead atoms. The number of nitrogens with two attached hydrogens (primary N) is 1. The van der Waals surface area contributed by atoms with Crippen LogP contribution in [0.3, 0.4) is 0 Å². The van der Waals surface area contributed by atoms with Crippen LogP contribution in [0.2, 0.25) is 10.0 Å². The van der Waals surface area contributed by atoms with Gasteiger partial charge in [0, 0.05) is 18.2 Å². The Balaban J connectivity index is 2.30. The van der Waals surface area contributed by atoms with Crippen molar-refractivity contribution in [3.05, 3.63) is 27.7 Å². The smallest absolute Gasteiger partial charge is 0.120 e. The number of halogens is 2. The van der Waals surface area contributed by atoms with Crippen LogP contribution in [0.15, 0.2) is 12.1 Å². The van der Waals surface area contributed by atoms with E-state index < -0.39 is 0 Å². The Morgan fingerprint density at radius 2 is 2.18 bits per heavy atom. The minimum atomic E-state index is 0.219. The normalized spacial score (nSPS) is 24.9. The average molecular weight is 275 g/mol. The zero-order chi connectivity index (χ0) is 12.4. The van der Waals surface area contributed by atoms with Gasteiger partial charge in [-0.2, -0.15) is 0 Å². The molecule has 5 heteroatoms. The van der Waals surface area contributed by atoms with Gasteiger partial charge in [-0.05, 0) is 37.4 Å². The highest BCUT2D eigenvalue weighted by molar-refractivity contribution is 6.42. The molecule has 0 radical (unpaired) electrons. The van der Waals surface area contributed by atoms with Gasteiger partial charge in [-0.15, -0.1) is 0 Å². The molecule has 1 saturated heterocycles. The lowest BCUT2D eigenvalue weighted by atomic mass is 9.86. The molecule has 0 aromatic heterocycles. The van der Waals surface area contributed by atoms with Crippen molar-refractivity contribution >= 4 is 23.2 Å². The van der Waals surface area contributed by atoms with E-state index in [0.29, 0.717) is 16.6 Å². The van der Waals surface area contributed by atoms with Crippen LogP contribution in [-0.4, -0.2) is 24.2 Å². The summed E-state index contributed by atoms with van der Waals surface area (Å²) in [6.45, 7) is 1.48. The molecular formula is C12H16Cl2N2O. The fraction of sp³-hybridized carbons (Fsp3) is 0.500. The van der Waals surface area contributed by atoms with Crippen molar-refractivity contribution in [2.75, 3.05) is 13.1 Å². The van der Waals surface area contributed by atoms with Gasteiger partial charge in [0.1, 0.15) is 5.75 Å². The molecule has 0 saturated carbocycles. The molecule has 3 nitrogen and oxygen atoms in total. The lowest BCUT2D eigenvalue weighted by molar-refractivity contribution is 0.358. The summed E-state index contributed by atoms with van der Waals surface area (Å²) in [6, 6.07) is 3.50. The van der Waals surface area contributed by atoms with E-state index in [9.17, 15) is 5.11 Å². The van der Waals surface area contributed by atoms with Crippen LogP contribution in [0.25, 0.3) is 0 Å². The van der Waals surface area contributed by atoms with Crippen LogP contribution in [-0.2, 0) is 0 Å². The minimum Gasteiger partial charge on any atom is -0.508 e. The van der Waals surface area contributed by atoms with Crippen LogP contribution in [0.5, 0.6) is 5.75 Å². The van der Waals surface area contributed by atoms with Gasteiger partial charge >= 0.3 is 0 Å². The predicted molar refractivity (Wildman–Crippen MR) is 70.9 cm³/mol. The number of rotatable bonds is 2. The van der Waals surface area contributed by atoms with Crippen molar-refractivity contribution in [3.63, 3.8) is 0 Å². The molecule has 1 fully saturated rings. The number of benzene rings is 1. The third-order valence-corrected chi connectivity index (χ3v) is 4.12. The Labute approximate surface area is 111 Å². The highest BCUT2D eigenvalue weighted by Crippen LogP contribution is 2.41. The molecule has 1 aromatic carbocycles. The molecule has 0 aliphatic carbocycles. The van der Waals surface area contributed by atoms with E-state index in [2.05, 4.69) is 5.32 Å². The summed E-state index contributed by atoms with van der Waals surface area (Å²) in [5, 5.41) is 14.2. The van der Waals surface area contributed by atoms with E-state index in [1.807, 2.05) is 0 Å². The summed E-state index contributed by atoms with van der Waals surface area (Å²) in [4.78, 5) is 0. The van der Waals surface area contributed by atoms with Gasteiger partial charge in [-0.1, -0.05) is 23.2 Å². The number of piperidine rings is 1. The fourth-order valence-electron chi connectivity index (χ4n) is 2.39. The average Bonchev–Trinajstić information content (AvgIpc) is 2.35. The van der Waals surface area contributed by atoms with E-state index in [1.165, 1.54) is 0 Å². The molecule has 4 N–H and O–H groups in total. The Kier molecular flexibility index (Phi) is 4.15. The summed E-state index contributed by atoms with van der Waals surface area (Å²) < 4.78 is 0. The quantitative estimate of drug-likeness (QED) is 0.777. The van der Waals surface area contributed by atoms with Gasteiger partial charge < -0.3 is 16.2 Å². The van der Waals surface area contributed by atoms with Crippen molar-refractivity contribution in [2.24, 2.45) is 5.73 Å². The number of nitrogens with one attached hydrogen (secondary N) is 1. The predicted octanol–water partition coefficient (Wildman–Crippen LogP) is 2.49. The summed E-state index contributed by atoms with van der Waals surface area (Å²) in [5.74, 6) is 0.443. The van der Waals surface area contributed by atoms with E-state index in [0.717, 1.165) is 24.9 Å². The van der Waals surface area contributed by atoms with Crippen molar-refractivity contribution in [3.8, 4) is 5.75 Å². The Morgan fingerprint density at radius 1 is 1.41 bits per heavy atom. The molecule has 94 valence electrons. The second-order valence-corrected chi connectivity index (χ2v) is 5.19. The van der Waals surface area contributed by atoms with Crippen molar-refractivity contribution in [1.82, 2.24) is 5.32 Å². The largest absolute Gasteiger partial charge is 0.508 e. The molecule has 1 unspecified atom stereocenters.